The fourth-order valence-electron chi connectivity index (χ4n) is 2.61. The van der Waals surface area contributed by atoms with Crippen LogP contribution >= 0.6 is 11.6 Å². The summed E-state index contributed by atoms with van der Waals surface area (Å²) in [7, 11) is 0. The minimum absolute atomic E-state index is 0.0373. The SMILES string of the molecule is CC(N)CC(=O)NCC1(c2ccc(Cl)cc2)CCC1. The fraction of sp³-hybridized carbons (Fsp3) is 0.533. The van der Waals surface area contributed by atoms with Gasteiger partial charge in [0.15, 0.2) is 0 Å². The zero-order chi connectivity index (χ0) is 13.9. The summed E-state index contributed by atoms with van der Waals surface area (Å²) in [5, 5.41) is 3.77. The Balaban J connectivity index is 1.99. The Morgan fingerprint density at radius 3 is 2.53 bits per heavy atom. The molecule has 19 heavy (non-hydrogen) atoms. The van der Waals surface area contributed by atoms with Gasteiger partial charge in [-0.05, 0) is 37.5 Å². The molecule has 0 saturated heterocycles. The van der Waals surface area contributed by atoms with Gasteiger partial charge in [0.25, 0.3) is 0 Å². The average Bonchev–Trinajstić information content (AvgIpc) is 2.29. The molecule has 4 heteroatoms. The number of hydrogen-bond donors (Lipinski definition) is 2. The van der Waals surface area contributed by atoms with E-state index in [1.165, 1.54) is 12.0 Å². The summed E-state index contributed by atoms with van der Waals surface area (Å²) >= 11 is 5.92. The summed E-state index contributed by atoms with van der Waals surface area (Å²) in [6.07, 6.45) is 3.84. The van der Waals surface area contributed by atoms with Gasteiger partial charge in [-0.1, -0.05) is 30.2 Å². The Morgan fingerprint density at radius 2 is 2.05 bits per heavy atom. The number of amides is 1. The molecule has 0 aromatic heterocycles. The van der Waals surface area contributed by atoms with Crippen molar-refractivity contribution < 1.29 is 4.79 Å². The first-order valence-corrected chi connectivity index (χ1v) is 7.18. The molecular formula is C15H21ClN2O. The van der Waals surface area contributed by atoms with Crippen LogP contribution in [0, 0.1) is 0 Å². The second-order valence-corrected chi connectivity index (χ2v) is 6.04. The van der Waals surface area contributed by atoms with Crippen LogP contribution in [0.4, 0.5) is 0 Å². The Labute approximate surface area is 119 Å². The highest BCUT2D eigenvalue weighted by atomic mass is 35.5. The lowest BCUT2D eigenvalue weighted by Crippen LogP contribution is -2.46. The Bertz CT molecular complexity index is 438. The number of benzene rings is 1. The van der Waals surface area contributed by atoms with Gasteiger partial charge < -0.3 is 11.1 Å². The number of rotatable bonds is 5. The maximum atomic E-state index is 11.7. The molecule has 1 fully saturated rings. The van der Waals surface area contributed by atoms with Crippen LogP contribution in [0.5, 0.6) is 0 Å². The van der Waals surface area contributed by atoms with Gasteiger partial charge in [0.1, 0.15) is 0 Å². The predicted octanol–water partition coefficient (Wildman–Crippen LogP) is 2.62. The van der Waals surface area contributed by atoms with Crippen LogP contribution in [-0.2, 0) is 10.2 Å². The van der Waals surface area contributed by atoms with Gasteiger partial charge in [0.05, 0.1) is 0 Å². The van der Waals surface area contributed by atoms with E-state index < -0.39 is 0 Å². The molecule has 1 atom stereocenters. The molecule has 0 spiro atoms. The van der Waals surface area contributed by atoms with Crippen LogP contribution in [0.3, 0.4) is 0 Å². The number of nitrogens with one attached hydrogen (secondary N) is 1. The molecule has 2 rings (SSSR count). The maximum Gasteiger partial charge on any atom is 0.221 e. The van der Waals surface area contributed by atoms with E-state index in [0.29, 0.717) is 13.0 Å². The van der Waals surface area contributed by atoms with Gasteiger partial charge in [-0.2, -0.15) is 0 Å². The van der Waals surface area contributed by atoms with Crippen LogP contribution in [0.1, 0.15) is 38.2 Å². The minimum atomic E-state index is -0.0899. The lowest BCUT2D eigenvalue weighted by molar-refractivity contribution is -0.121. The molecule has 1 saturated carbocycles. The second kappa shape index (κ2) is 5.93. The van der Waals surface area contributed by atoms with Crippen LogP contribution in [0.2, 0.25) is 5.02 Å². The smallest absolute Gasteiger partial charge is 0.221 e. The van der Waals surface area contributed by atoms with Crippen molar-refractivity contribution in [2.45, 2.75) is 44.1 Å². The number of carbonyl (C=O) groups excluding carboxylic acids is 1. The van der Waals surface area contributed by atoms with Crippen LogP contribution in [-0.4, -0.2) is 18.5 Å². The van der Waals surface area contributed by atoms with Gasteiger partial charge >= 0.3 is 0 Å². The third kappa shape index (κ3) is 3.48. The van der Waals surface area contributed by atoms with Crippen LogP contribution in [0.15, 0.2) is 24.3 Å². The molecule has 0 radical (unpaired) electrons. The van der Waals surface area contributed by atoms with Crippen molar-refractivity contribution in [1.29, 1.82) is 0 Å². The lowest BCUT2D eigenvalue weighted by Gasteiger charge is -2.42. The fourth-order valence-corrected chi connectivity index (χ4v) is 2.73. The monoisotopic (exact) mass is 280 g/mol. The van der Waals surface area contributed by atoms with Gasteiger partial charge in [0, 0.05) is 29.4 Å². The van der Waals surface area contributed by atoms with E-state index >= 15 is 0 Å². The van der Waals surface area contributed by atoms with E-state index in [2.05, 4.69) is 17.4 Å². The van der Waals surface area contributed by atoms with Gasteiger partial charge in [0.2, 0.25) is 5.91 Å². The molecule has 1 aromatic carbocycles. The zero-order valence-corrected chi connectivity index (χ0v) is 12.0. The maximum absolute atomic E-state index is 11.7. The molecule has 1 amide bonds. The summed E-state index contributed by atoms with van der Waals surface area (Å²) < 4.78 is 0. The van der Waals surface area contributed by atoms with Gasteiger partial charge in [-0.15, -0.1) is 0 Å². The first kappa shape index (κ1) is 14.4. The van der Waals surface area contributed by atoms with E-state index in [9.17, 15) is 4.79 Å². The predicted molar refractivity (Wildman–Crippen MR) is 78.3 cm³/mol. The summed E-state index contributed by atoms with van der Waals surface area (Å²) in [5.41, 5.74) is 6.99. The highest BCUT2D eigenvalue weighted by Gasteiger charge is 2.38. The summed E-state index contributed by atoms with van der Waals surface area (Å²) in [5.74, 6) is 0.0373. The largest absolute Gasteiger partial charge is 0.355 e. The van der Waals surface area contributed by atoms with E-state index in [4.69, 9.17) is 17.3 Å². The van der Waals surface area contributed by atoms with Crippen molar-refractivity contribution in [3.05, 3.63) is 34.9 Å². The molecule has 1 unspecified atom stereocenters. The van der Waals surface area contributed by atoms with Crippen molar-refractivity contribution in [1.82, 2.24) is 5.32 Å². The first-order valence-electron chi connectivity index (χ1n) is 6.80. The van der Waals surface area contributed by atoms with E-state index in [1.807, 2.05) is 19.1 Å². The molecule has 1 aromatic rings. The Morgan fingerprint density at radius 1 is 1.42 bits per heavy atom. The third-order valence-electron chi connectivity index (χ3n) is 3.90. The highest BCUT2D eigenvalue weighted by Crippen LogP contribution is 2.43. The molecule has 3 N–H and O–H groups in total. The molecule has 3 nitrogen and oxygen atoms in total. The Hall–Kier alpha value is -1.06. The summed E-state index contributed by atoms with van der Waals surface area (Å²) in [6.45, 7) is 2.54. The van der Waals surface area contributed by atoms with Crippen molar-refractivity contribution >= 4 is 17.5 Å². The minimum Gasteiger partial charge on any atom is -0.355 e. The molecule has 1 aliphatic rings. The van der Waals surface area contributed by atoms with E-state index in [0.717, 1.165) is 17.9 Å². The number of hydrogen-bond acceptors (Lipinski definition) is 2. The quantitative estimate of drug-likeness (QED) is 0.871. The number of carbonyl (C=O) groups is 1. The molecule has 0 heterocycles. The van der Waals surface area contributed by atoms with E-state index in [-0.39, 0.29) is 17.4 Å². The summed E-state index contributed by atoms with van der Waals surface area (Å²) in [6, 6.07) is 7.88. The van der Waals surface area contributed by atoms with Crippen molar-refractivity contribution in [3.63, 3.8) is 0 Å². The van der Waals surface area contributed by atoms with Crippen LogP contribution in [0.25, 0.3) is 0 Å². The van der Waals surface area contributed by atoms with Crippen molar-refractivity contribution in [2.24, 2.45) is 5.73 Å². The molecule has 0 aliphatic heterocycles. The standard InChI is InChI=1S/C15H21ClN2O/c1-11(17)9-14(19)18-10-15(7-2-8-15)12-3-5-13(16)6-4-12/h3-6,11H,2,7-10,17H2,1H3,(H,18,19). The van der Waals surface area contributed by atoms with E-state index in [1.54, 1.807) is 0 Å². The molecule has 1 aliphatic carbocycles. The highest BCUT2D eigenvalue weighted by molar-refractivity contribution is 6.30. The van der Waals surface area contributed by atoms with Crippen molar-refractivity contribution in [3.8, 4) is 0 Å². The Kier molecular flexibility index (Phi) is 4.48. The van der Waals surface area contributed by atoms with Crippen molar-refractivity contribution in [2.75, 3.05) is 6.54 Å². The van der Waals surface area contributed by atoms with Gasteiger partial charge in [-0.25, -0.2) is 0 Å². The molecular weight excluding hydrogens is 260 g/mol. The third-order valence-corrected chi connectivity index (χ3v) is 4.15. The summed E-state index contributed by atoms with van der Waals surface area (Å²) in [4.78, 5) is 11.7. The normalized spacial score (nSPS) is 18.5. The van der Waals surface area contributed by atoms with Crippen LogP contribution < -0.4 is 11.1 Å². The topological polar surface area (TPSA) is 55.1 Å². The average molecular weight is 281 g/mol. The lowest BCUT2D eigenvalue weighted by atomic mass is 9.64. The first-order chi connectivity index (χ1) is 9.02. The zero-order valence-electron chi connectivity index (χ0n) is 11.3. The molecule has 0 bridgehead atoms. The van der Waals surface area contributed by atoms with Gasteiger partial charge in [-0.3, -0.25) is 4.79 Å². The number of nitrogens with two attached hydrogens (primary N) is 1. The number of halogens is 1. The second-order valence-electron chi connectivity index (χ2n) is 5.60. The molecule has 104 valence electrons.